The van der Waals surface area contributed by atoms with E-state index < -0.39 is 0 Å². The molecule has 0 saturated carbocycles. The van der Waals surface area contributed by atoms with Crippen LogP contribution < -0.4 is 11.1 Å². The molecule has 0 bridgehead atoms. The van der Waals surface area contributed by atoms with Crippen LogP contribution in [0.2, 0.25) is 0 Å². The molecule has 0 aromatic heterocycles. The molecule has 0 fully saturated rings. The third-order valence-electron chi connectivity index (χ3n) is 3.45. The van der Waals surface area contributed by atoms with E-state index in [2.05, 4.69) is 37.4 Å². The molecule has 0 heterocycles. The fourth-order valence-electron chi connectivity index (χ4n) is 2.09. The number of aryl methyl sites for hydroxylation is 2. The van der Waals surface area contributed by atoms with Crippen molar-refractivity contribution in [3.8, 4) is 0 Å². The Morgan fingerprint density at radius 3 is 2.16 bits per heavy atom. The fourth-order valence-corrected chi connectivity index (χ4v) is 2.09. The summed E-state index contributed by atoms with van der Waals surface area (Å²) in [5.41, 5.74) is 8.90. The fraction of sp³-hybridized carbons (Fsp3) is 0.562. The van der Waals surface area contributed by atoms with Gasteiger partial charge in [0.2, 0.25) is 5.91 Å². The number of benzene rings is 1. The molecule has 1 aromatic rings. The van der Waals surface area contributed by atoms with Gasteiger partial charge in [0, 0.05) is 12.1 Å². The van der Waals surface area contributed by atoms with Gasteiger partial charge in [-0.05, 0) is 35.9 Å². The summed E-state index contributed by atoms with van der Waals surface area (Å²) in [7, 11) is 0. The van der Waals surface area contributed by atoms with Gasteiger partial charge in [0.1, 0.15) is 0 Å². The highest BCUT2D eigenvalue weighted by molar-refractivity contribution is 5.92. The Bertz CT molecular complexity index is 416. The molecular formula is C16H26N2O. The summed E-state index contributed by atoms with van der Waals surface area (Å²) >= 11 is 0. The lowest BCUT2D eigenvalue weighted by Crippen LogP contribution is -2.29. The zero-order chi connectivity index (χ0) is 14.5. The van der Waals surface area contributed by atoms with Crippen LogP contribution in [-0.2, 0) is 17.6 Å². The van der Waals surface area contributed by atoms with E-state index >= 15 is 0 Å². The average Bonchev–Trinajstić information content (AvgIpc) is 2.38. The first-order valence-corrected chi connectivity index (χ1v) is 7.04. The molecule has 0 saturated heterocycles. The highest BCUT2D eigenvalue weighted by Gasteiger charge is 2.21. The van der Waals surface area contributed by atoms with Crippen LogP contribution in [-0.4, -0.2) is 12.5 Å². The van der Waals surface area contributed by atoms with Gasteiger partial charge < -0.3 is 11.1 Å². The normalized spacial score (nSPS) is 11.4. The van der Waals surface area contributed by atoms with E-state index in [1.165, 1.54) is 11.1 Å². The van der Waals surface area contributed by atoms with Crippen molar-refractivity contribution in [3.63, 3.8) is 0 Å². The number of anilines is 1. The standard InChI is InChI=1S/C16H26N2O/c1-5-12-8-7-9-13(6-2)15(12)18-14(19)10-16(3,4)11-17/h7-9H,5-6,10-11,17H2,1-4H3,(H,18,19). The van der Waals surface area contributed by atoms with Gasteiger partial charge in [-0.2, -0.15) is 0 Å². The van der Waals surface area contributed by atoms with E-state index in [4.69, 9.17) is 5.73 Å². The number of nitrogens with one attached hydrogen (secondary N) is 1. The molecule has 0 aliphatic rings. The summed E-state index contributed by atoms with van der Waals surface area (Å²) < 4.78 is 0. The number of amides is 1. The second-order valence-electron chi connectivity index (χ2n) is 5.75. The minimum Gasteiger partial charge on any atom is -0.330 e. The van der Waals surface area contributed by atoms with Crippen LogP contribution in [0.15, 0.2) is 18.2 Å². The summed E-state index contributed by atoms with van der Waals surface area (Å²) in [4.78, 5) is 12.2. The molecule has 19 heavy (non-hydrogen) atoms. The maximum atomic E-state index is 12.2. The molecule has 1 aromatic carbocycles. The maximum Gasteiger partial charge on any atom is 0.224 e. The molecule has 0 unspecified atom stereocenters. The van der Waals surface area contributed by atoms with Crippen LogP contribution in [0.5, 0.6) is 0 Å². The topological polar surface area (TPSA) is 55.1 Å². The van der Waals surface area contributed by atoms with Gasteiger partial charge in [-0.15, -0.1) is 0 Å². The van der Waals surface area contributed by atoms with Gasteiger partial charge in [0.15, 0.2) is 0 Å². The molecule has 0 radical (unpaired) electrons. The number of para-hydroxylation sites is 1. The molecule has 1 amide bonds. The minimum absolute atomic E-state index is 0.0473. The Kier molecular flexibility index (Phi) is 5.55. The van der Waals surface area contributed by atoms with E-state index in [1.807, 2.05) is 13.8 Å². The summed E-state index contributed by atoms with van der Waals surface area (Å²) in [6.07, 6.45) is 2.29. The molecule has 0 atom stereocenters. The maximum absolute atomic E-state index is 12.2. The number of rotatable bonds is 6. The first-order chi connectivity index (χ1) is 8.93. The Hall–Kier alpha value is -1.35. The molecule has 3 heteroatoms. The number of hydrogen-bond donors (Lipinski definition) is 2. The Morgan fingerprint density at radius 1 is 1.21 bits per heavy atom. The average molecular weight is 262 g/mol. The van der Waals surface area contributed by atoms with Crippen molar-refractivity contribution in [2.24, 2.45) is 11.1 Å². The first-order valence-electron chi connectivity index (χ1n) is 7.04. The largest absolute Gasteiger partial charge is 0.330 e. The molecule has 3 N–H and O–H groups in total. The van der Waals surface area contributed by atoms with Crippen LogP contribution in [0.25, 0.3) is 0 Å². The van der Waals surface area contributed by atoms with Crippen molar-refractivity contribution < 1.29 is 4.79 Å². The number of carbonyl (C=O) groups excluding carboxylic acids is 1. The second kappa shape index (κ2) is 6.71. The Morgan fingerprint density at radius 2 is 1.74 bits per heavy atom. The quantitative estimate of drug-likeness (QED) is 0.827. The predicted molar refractivity (Wildman–Crippen MR) is 81.3 cm³/mol. The van der Waals surface area contributed by atoms with Gasteiger partial charge in [0.05, 0.1) is 0 Å². The molecule has 3 nitrogen and oxygen atoms in total. The third kappa shape index (κ3) is 4.35. The molecule has 0 aliphatic carbocycles. The van der Waals surface area contributed by atoms with Crippen LogP contribution in [0.1, 0.15) is 45.2 Å². The van der Waals surface area contributed by atoms with Gasteiger partial charge in [-0.3, -0.25) is 4.79 Å². The zero-order valence-electron chi connectivity index (χ0n) is 12.5. The van der Waals surface area contributed by atoms with Gasteiger partial charge >= 0.3 is 0 Å². The molecule has 0 aliphatic heterocycles. The van der Waals surface area contributed by atoms with E-state index in [0.717, 1.165) is 18.5 Å². The van der Waals surface area contributed by atoms with Crippen LogP contribution in [0, 0.1) is 5.41 Å². The highest BCUT2D eigenvalue weighted by Crippen LogP contribution is 2.25. The second-order valence-corrected chi connectivity index (χ2v) is 5.75. The van der Waals surface area contributed by atoms with Gasteiger partial charge in [0.25, 0.3) is 0 Å². The van der Waals surface area contributed by atoms with E-state index in [-0.39, 0.29) is 11.3 Å². The smallest absolute Gasteiger partial charge is 0.224 e. The summed E-state index contributed by atoms with van der Waals surface area (Å²) in [6, 6.07) is 6.20. The van der Waals surface area contributed by atoms with E-state index in [1.54, 1.807) is 0 Å². The molecule has 1 rings (SSSR count). The number of hydrogen-bond acceptors (Lipinski definition) is 2. The van der Waals surface area contributed by atoms with Crippen molar-refractivity contribution >= 4 is 11.6 Å². The Labute approximate surface area is 116 Å². The van der Waals surface area contributed by atoms with Gasteiger partial charge in [-0.1, -0.05) is 45.9 Å². The van der Waals surface area contributed by atoms with Crippen LogP contribution >= 0.6 is 0 Å². The van der Waals surface area contributed by atoms with Crippen LogP contribution in [0.3, 0.4) is 0 Å². The first kappa shape index (κ1) is 15.7. The lowest BCUT2D eigenvalue weighted by Gasteiger charge is -2.22. The summed E-state index contributed by atoms with van der Waals surface area (Å²) in [6.45, 7) is 8.75. The molecule has 0 spiro atoms. The minimum atomic E-state index is -0.155. The molecular weight excluding hydrogens is 236 g/mol. The summed E-state index contributed by atoms with van der Waals surface area (Å²) in [5.74, 6) is 0.0473. The van der Waals surface area contributed by atoms with Crippen molar-refractivity contribution in [2.75, 3.05) is 11.9 Å². The van der Waals surface area contributed by atoms with Gasteiger partial charge in [-0.25, -0.2) is 0 Å². The number of carbonyl (C=O) groups is 1. The monoisotopic (exact) mass is 262 g/mol. The van der Waals surface area contributed by atoms with Crippen molar-refractivity contribution in [2.45, 2.75) is 47.0 Å². The van der Waals surface area contributed by atoms with E-state index in [9.17, 15) is 4.79 Å². The lowest BCUT2D eigenvalue weighted by molar-refractivity contribution is -0.117. The van der Waals surface area contributed by atoms with Crippen molar-refractivity contribution in [3.05, 3.63) is 29.3 Å². The predicted octanol–water partition coefficient (Wildman–Crippen LogP) is 3.12. The van der Waals surface area contributed by atoms with Crippen molar-refractivity contribution in [1.82, 2.24) is 0 Å². The van der Waals surface area contributed by atoms with Crippen LogP contribution in [0.4, 0.5) is 5.69 Å². The lowest BCUT2D eigenvalue weighted by atomic mass is 9.89. The highest BCUT2D eigenvalue weighted by atomic mass is 16.1. The summed E-state index contributed by atoms with van der Waals surface area (Å²) in [5, 5.41) is 3.08. The molecule has 106 valence electrons. The van der Waals surface area contributed by atoms with Crippen molar-refractivity contribution in [1.29, 1.82) is 0 Å². The SMILES string of the molecule is CCc1cccc(CC)c1NC(=O)CC(C)(C)CN. The third-order valence-corrected chi connectivity index (χ3v) is 3.45. The Balaban J connectivity index is 2.89. The van der Waals surface area contributed by atoms with E-state index in [0.29, 0.717) is 13.0 Å². The number of nitrogens with two attached hydrogens (primary N) is 1. The zero-order valence-corrected chi connectivity index (χ0v) is 12.5.